The molecule has 6 nitrogen and oxygen atoms in total. The van der Waals surface area contributed by atoms with Crippen LogP contribution in [0.15, 0.2) is 76.3 Å². The molecule has 0 radical (unpaired) electrons. The summed E-state index contributed by atoms with van der Waals surface area (Å²) in [5, 5.41) is 13.2. The molecule has 0 bridgehead atoms. The van der Waals surface area contributed by atoms with Crippen LogP contribution in [0.5, 0.6) is 5.75 Å². The first-order chi connectivity index (χ1) is 14.2. The molecule has 0 unspecified atom stereocenters. The van der Waals surface area contributed by atoms with Gasteiger partial charge in [0.2, 0.25) is 0 Å². The van der Waals surface area contributed by atoms with E-state index in [-0.39, 0.29) is 5.91 Å². The number of H-pyrrole nitrogens is 1. The van der Waals surface area contributed by atoms with E-state index in [1.807, 2.05) is 60.7 Å². The lowest BCUT2D eigenvalue weighted by Crippen LogP contribution is -2.17. The Kier molecular flexibility index (Phi) is 5.39. The maximum Gasteiger partial charge on any atom is 0.289 e. The number of carbonyl (C=O) groups excluding carboxylic acids is 1. The number of hydrogen-bond donors (Lipinski definition) is 2. The number of nitrogens with one attached hydrogen (secondary N) is 2. The summed E-state index contributed by atoms with van der Waals surface area (Å²) < 4.78 is 6.50. The summed E-state index contributed by atoms with van der Waals surface area (Å²) in [4.78, 5) is 12.4. The molecule has 7 heteroatoms. The van der Waals surface area contributed by atoms with Crippen LogP contribution in [0.3, 0.4) is 0 Å². The maximum atomic E-state index is 12.4. The number of benzene rings is 3. The number of carbonyl (C=O) groups is 1. The monoisotopic (exact) mass is 448 g/mol. The Morgan fingerprint density at radius 3 is 2.72 bits per heavy atom. The zero-order chi connectivity index (χ0) is 20.2. The number of ether oxygens (including phenoxy) is 1. The number of halogens is 1. The smallest absolute Gasteiger partial charge is 0.289 e. The van der Waals surface area contributed by atoms with E-state index in [9.17, 15) is 4.79 Å². The Balaban J connectivity index is 1.58. The van der Waals surface area contributed by atoms with Crippen molar-refractivity contribution in [1.82, 2.24) is 15.6 Å². The van der Waals surface area contributed by atoms with Crippen molar-refractivity contribution < 1.29 is 9.53 Å². The van der Waals surface area contributed by atoms with Crippen molar-refractivity contribution in [2.75, 3.05) is 7.11 Å². The van der Waals surface area contributed by atoms with E-state index < -0.39 is 0 Å². The van der Waals surface area contributed by atoms with Gasteiger partial charge in [-0.3, -0.25) is 9.89 Å². The fourth-order valence-electron chi connectivity index (χ4n) is 3.03. The summed E-state index contributed by atoms with van der Waals surface area (Å²) in [6.07, 6.45) is 1.58. The molecule has 0 saturated carbocycles. The van der Waals surface area contributed by atoms with Gasteiger partial charge in [0, 0.05) is 4.47 Å². The molecule has 0 aliphatic rings. The number of hydrazone groups is 1. The van der Waals surface area contributed by atoms with Crippen LogP contribution in [0, 0.1) is 0 Å². The standard InChI is InChI=1S/C22H17BrN4O2/c1-29-20-11-8-15-4-2-3-5-17(15)21(20)18-12-19(26-25-18)22(28)27-24-13-14-6-9-16(23)10-7-14/h2-13H,1H3,(H,25,26)(H,27,28)/b24-13+. The Bertz CT molecular complexity index is 1200. The molecule has 0 aliphatic carbocycles. The number of methoxy groups -OCH3 is 1. The van der Waals surface area contributed by atoms with Crippen LogP contribution in [0.4, 0.5) is 0 Å². The minimum atomic E-state index is -0.378. The van der Waals surface area contributed by atoms with Gasteiger partial charge in [-0.25, -0.2) is 5.43 Å². The van der Waals surface area contributed by atoms with Crippen LogP contribution in [0.2, 0.25) is 0 Å². The second kappa shape index (κ2) is 8.28. The predicted molar refractivity (Wildman–Crippen MR) is 117 cm³/mol. The molecule has 2 N–H and O–H groups in total. The first-order valence-corrected chi connectivity index (χ1v) is 9.65. The Morgan fingerprint density at radius 1 is 1.14 bits per heavy atom. The van der Waals surface area contributed by atoms with E-state index in [0.29, 0.717) is 17.1 Å². The summed E-state index contributed by atoms with van der Waals surface area (Å²) in [6, 6.07) is 21.1. The lowest BCUT2D eigenvalue weighted by atomic mass is 10.0. The molecule has 4 rings (SSSR count). The topological polar surface area (TPSA) is 79.4 Å². The van der Waals surface area contributed by atoms with Gasteiger partial charge < -0.3 is 4.74 Å². The van der Waals surface area contributed by atoms with Crippen molar-refractivity contribution in [2.24, 2.45) is 5.10 Å². The molecule has 0 spiro atoms. The normalized spacial score (nSPS) is 11.1. The molecule has 1 amide bonds. The zero-order valence-corrected chi connectivity index (χ0v) is 17.1. The summed E-state index contributed by atoms with van der Waals surface area (Å²) in [7, 11) is 1.62. The Morgan fingerprint density at radius 2 is 1.93 bits per heavy atom. The quantitative estimate of drug-likeness (QED) is 0.341. The minimum absolute atomic E-state index is 0.308. The van der Waals surface area contributed by atoms with E-state index in [2.05, 4.69) is 36.7 Å². The number of nitrogens with zero attached hydrogens (tertiary/aromatic N) is 2. The average Bonchev–Trinajstić information content (AvgIpc) is 3.24. The minimum Gasteiger partial charge on any atom is -0.496 e. The summed E-state index contributed by atoms with van der Waals surface area (Å²) in [5.41, 5.74) is 5.15. The molecular weight excluding hydrogens is 432 g/mol. The van der Waals surface area contributed by atoms with Crippen LogP contribution in [0.25, 0.3) is 22.0 Å². The molecular formula is C22H17BrN4O2. The molecule has 0 aliphatic heterocycles. The van der Waals surface area contributed by atoms with E-state index in [1.165, 1.54) is 0 Å². The molecule has 3 aromatic carbocycles. The zero-order valence-electron chi connectivity index (χ0n) is 15.5. The molecule has 29 heavy (non-hydrogen) atoms. The third-order valence-electron chi connectivity index (χ3n) is 4.44. The van der Waals surface area contributed by atoms with E-state index in [4.69, 9.17) is 4.74 Å². The third-order valence-corrected chi connectivity index (χ3v) is 4.97. The lowest BCUT2D eigenvalue weighted by molar-refractivity contribution is 0.0950. The lowest BCUT2D eigenvalue weighted by Gasteiger charge is -2.09. The van der Waals surface area contributed by atoms with Crippen molar-refractivity contribution in [3.8, 4) is 17.0 Å². The van der Waals surface area contributed by atoms with Gasteiger partial charge in [0.1, 0.15) is 11.4 Å². The van der Waals surface area contributed by atoms with Crippen LogP contribution in [-0.2, 0) is 0 Å². The first-order valence-electron chi connectivity index (χ1n) is 8.86. The van der Waals surface area contributed by atoms with Gasteiger partial charge in [0.15, 0.2) is 0 Å². The van der Waals surface area contributed by atoms with Gasteiger partial charge in [0.25, 0.3) is 5.91 Å². The summed E-state index contributed by atoms with van der Waals surface area (Å²) >= 11 is 3.38. The SMILES string of the molecule is COc1ccc2ccccc2c1-c1cc(C(=O)N/N=C/c2ccc(Br)cc2)[nH]n1. The number of hydrogen-bond acceptors (Lipinski definition) is 4. The second-order valence-electron chi connectivity index (χ2n) is 6.28. The number of aromatic amines is 1. The second-order valence-corrected chi connectivity index (χ2v) is 7.20. The number of amides is 1. The van der Waals surface area contributed by atoms with Crippen LogP contribution >= 0.6 is 15.9 Å². The summed E-state index contributed by atoms with van der Waals surface area (Å²) in [6.45, 7) is 0. The third kappa shape index (κ3) is 4.05. The molecule has 1 heterocycles. The predicted octanol–water partition coefficient (Wildman–Crippen LogP) is 4.76. The van der Waals surface area contributed by atoms with E-state index >= 15 is 0 Å². The Hall–Kier alpha value is -3.45. The highest BCUT2D eigenvalue weighted by Gasteiger charge is 2.16. The van der Waals surface area contributed by atoms with Crippen LogP contribution in [0.1, 0.15) is 16.1 Å². The molecule has 4 aromatic rings. The highest BCUT2D eigenvalue weighted by atomic mass is 79.9. The average molecular weight is 449 g/mol. The number of rotatable bonds is 5. The highest BCUT2D eigenvalue weighted by Crippen LogP contribution is 2.36. The largest absolute Gasteiger partial charge is 0.496 e. The fraction of sp³-hybridized carbons (Fsp3) is 0.0455. The van der Waals surface area contributed by atoms with Gasteiger partial charge in [0.05, 0.1) is 24.6 Å². The van der Waals surface area contributed by atoms with Crippen molar-refractivity contribution in [2.45, 2.75) is 0 Å². The molecule has 0 atom stereocenters. The molecule has 144 valence electrons. The van der Waals surface area contributed by atoms with Gasteiger partial charge >= 0.3 is 0 Å². The first kappa shape index (κ1) is 18.9. The van der Waals surface area contributed by atoms with Crippen molar-refractivity contribution >= 4 is 38.8 Å². The van der Waals surface area contributed by atoms with Gasteiger partial charge in [-0.2, -0.15) is 10.2 Å². The van der Waals surface area contributed by atoms with Gasteiger partial charge in [-0.1, -0.05) is 58.4 Å². The summed E-state index contributed by atoms with van der Waals surface area (Å²) in [5.74, 6) is 0.312. The van der Waals surface area contributed by atoms with Crippen LogP contribution < -0.4 is 10.2 Å². The Labute approximate surface area is 175 Å². The van der Waals surface area contributed by atoms with Crippen molar-refractivity contribution in [3.63, 3.8) is 0 Å². The highest BCUT2D eigenvalue weighted by molar-refractivity contribution is 9.10. The van der Waals surface area contributed by atoms with Gasteiger partial charge in [-0.05, 0) is 40.6 Å². The van der Waals surface area contributed by atoms with E-state index in [1.54, 1.807) is 19.4 Å². The van der Waals surface area contributed by atoms with Crippen molar-refractivity contribution in [1.29, 1.82) is 0 Å². The number of fused-ring (bicyclic) bond motifs is 1. The van der Waals surface area contributed by atoms with Crippen molar-refractivity contribution in [3.05, 3.63) is 82.5 Å². The fourth-order valence-corrected chi connectivity index (χ4v) is 3.29. The maximum absolute atomic E-state index is 12.4. The molecule has 0 fully saturated rings. The number of aromatic nitrogens is 2. The van der Waals surface area contributed by atoms with Crippen LogP contribution in [-0.4, -0.2) is 29.4 Å². The molecule has 1 aromatic heterocycles. The van der Waals surface area contributed by atoms with Gasteiger partial charge in [-0.15, -0.1) is 0 Å². The molecule has 0 saturated heterocycles. The van der Waals surface area contributed by atoms with E-state index in [0.717, 1.165) is 26.4 Å².